The molecule has 98 valence electrons. The van der Waals surface area contributed by atoms with Crippen LogP contribution in [-0.4, -0.2) is 29.4 Å². The zero-order valence-corrected chi connectivity index (χ0v) is 12.9. The molecule has 5 heteroatoms. The van der Waals surface area contributed by atoms with E-state index in [1.807, 2.05) is 12.3 Å². The molecule has 3 nitrogen and oxygen atoms in total. The summed E-state index contributed by atoms with van der Waals surface area (Å²) in [5.41, 5.74) is 0.771. The predicted molar refractivity (Wildman–Crippen MR) is 76.9 cm³/mol. The van der Waals surface area contributed by atoms with Gasteiger partial charge in [0.15, 0.2) is 5.78 Å². The number of ketones is 1. The third-order valence-corrected chi connectivity index (χ3v) is 3.55. The highest BCUT2D eigenvalue weighted by Crippen LogP contribution is 2.27. The molecule has 0 aromatic heterocycles. The molecule has 0 aliphatic heterocycles. The van der Waals surface area contributed by atoms with Crippen LogP contribution >= 0.6 is 27.7 Å². The molecule has 0 N–H and O–H groups in total. The zero-order chi connectivity index (χ0) is 13.7. The first-order valence-electron chi connectivity index (χ1n) is 5.55. The fourth-order valence-electron chi connectivity index (χ4n) is 1.53. The summed E-state index contributed by atoms with van der Waals surface area (Å²) >= 11 is 4.69. The molecule has 0 bridgehead atoms. The number of alkyl halides is 1. The van der Waals surface area contributed by atoms with E-state index in [0.29, 0.717) is 17.7 Å². The Morgan fingerprint density at radius 2 is 2.11 bits per heavy atom. The maximum atomic E-state index is 12.2. The lowest BCUT2D eigenvalue weighted by Crippen LogP contribution is -2.18. The van der Waals surface area contributed by atoms with Crippen molar-refractivity contribution in [3.63, 3.8) is 0 Å². The smallest absolute Gasteiger partial charge is 0.338 e. The van der Waals surface area contributed by atoms with Crippen LogP contribution in [-0.2, 0) is 4.74 Å². The number of halogens is 1. The Labute approximate surface area is 119 Å². The fraction of sp³-hybridized carbons (Fsp3) is 0.385. The summed E-state index contributed by atoms with van der Waals surface area (Å²) in [5.74, 6) is -0.562. The van der Waals surface area contributed by atoms with Crippen molar-refractivity contribution in [1.29, 1.82) is 0 Å². The summed E-state index contributed by atoms with van der Waals surface area (Å²) < 4.78 is 4.98. The van der Waals surface area contributed by atoms with Crippen molar-refractivity contribution in [2.24, 2.45) is 0 Å². The van der Waals surface area contributed by atoms with Gasteiger partial charge in [-0.2, -0.15) is 0 Å². The lowest BCUT2D eigenvalue weighted by atomic mass is 10.0. The van der Waals surface area contributed by atoms with Crippen molar-refractivity contribution in [3.8, 4) is 0 Å². The minimum Gasteiger partial charge on any atom is -0.462 e. The summed E-state index contributed by atoms with van der Waals surface area (Å²) in [6, 6.07) is 5.21. The predicted octanol–water partition coefficient (Wildman–Crippen LogP) is 3.55. The third kappa shape index (κ3) is 3.36. The number of carbonyl (C=O) groups excluding carboxylic acids is 2. The van der Waals surface area contributed by atoms with Gasteiger partial charge >= 0.3 is 5.97 Å². The molecule has 0 fully saturated rings. The first-order chi connectivity index (χ1) is 8.52. The normalized spacial score (nSPS) is 12.0. The standard InChI is InChI=1S/C13H15BrO3S/c1-4-17-13(16)9-6-5-7-10(18-3)11(9)12(15)8(2)14/h5-8H,4H2,1-3H3. The first kappa shape index (κ1) is 15.2. The van der Waals surface area contributed by atoms with E-state index in [2.05, 4.69) is 15.9 Å². The van der Waals surface area contributed by atoms with E-state index in [1.54, 1.807) is 26.0 Å². The number of rotatable bonds is 5. The van der Waals surface area contributed by atoms with Gasteiger partial charge in [0, 0.05) is 10.5 Å². The van der Waals surface area contributed by atoms with E-state index in [-0.39, 0.29) is 10.6 Å². The van der Waals surface area contributed by atoms with Gasteiger partial charge in [0.25, 0.3) is 0 Å². The van der Waals surface area contributed by atoms with Gasteiger partial charge in [-0.05, 0) is 32.2 Å². The Hall–Kier alpha value is -0.810. The second-order valence-corrected chi connectivity index (χ2v) is 5.81. The molecule has 0 aliphatic carbocycles. The number of esters is 1. The molecule has 1 rings (SSSR count). The highest BCUT2D eigenvalue weighted by atomic mass is 79.9. The van der Waals surface area contributed by atoms with E-state index in [9.17, 15) is 9.59 Å². The molecule has 0 saturated carbocycles. The van der Waals surface area contributed by atoms with Gasteiger partial charge in [-0.1, -0.05) is 22.0 Å². The van der Waals surface area contributed by atoms with Gasteiger partial charge in [-0.25, -0.2) is 4.79 Å². The largest absolute Gasteiger partial charge is 0.462 e. The average Bonchev–Trinajstić information content (AvgIpc) is 2.37. The van der Waals surface area contributed by atoms with Crippen molar-refractivity contribution < 1.29 is 14.3 Å². The molecular weight excluding hydrogens is 316 g/mol. The van der Waals surface area contributed by atoms with E-state index in [4.69, 9.17) is 4.74 Å². The van der Waals surface area contributed by atoms with Crippen LogP contribution in [0.2, 0.25) is 0 Å². The molecule has 0 amide bonds. The topological polar surface area (TPSA) is 43.4 Å². The highest BCUT2D eigenvalue weighted by Gasteiger charge is 2.23. The first-order valence-corrected chi connectivity index (χ1v) is 7.69. The van der Waals surface area contributed by atoms with Gasteiger partial charge in [0.05, 0.1) is 17.0 Å². The summed E-state index contributed by atoms with van der Waals surface area (Å²) in [6.45, 7) is 3.78. The monoisotopic (exact) mass is 330 g/mol. The summed E-state index contributed by atoms with van der Waals surface area (Å²) in [7, 11) is 0. The fourth-order valence-corrected chi connectivity index (χ4v) is 2.39. The second-order valence-electron chi connectivity index (χ2n) is 3.58. The summed E-state index contributed by atoms with van der Waals surface area (Å²) in [4.78, 5) is 24.5. The Kier molecular flexibility index (Phi) is 5.88. The molecule has 0 saturated heterocycles. The van der Waals surface area contributed by atoms with Gasteiger partial charge in [0.1, 0.15) is 0 Å². The Balaban J connectivity index is 3.33. The molecule has 1 unspecified atom stereocenters. The van der Waals surface area contributed by atoms with Crippen LogP contribution in [0, 0.1) is 0 Å². The summed E-state index contributed by atoms with van der Waals surface area (Å²) in [6.07, 6.45) is 1.87. The van der Waals surface area contributed by atoms with Crippen LogP contribution in [0.4, 0.5) is 0 Å². The van der Waals surface area contributed by atoms with E-state index >= 15 is 0 Å². The summed E-state index contributed by atoms with van der Waals surface area (Å²) in [5, 5.41) is 0. The maximum Gasteiger partial charge on any atom is 0.338 e. The average molecular weight is 331 g/mol. The highest BCUT2D eigenvalue weighted by molar-refractivity contribution is 9.10. The second kappa shape index (κ2) is 6.95. The molecule has 0 heterocycles. The van der Waals surface area contributed by atoms with Crippen molar-refractivity contribution >= 4 is 39.4 Å². The molecule has 1 aromatic rings. The molecule has 1 aromatic carbocycles. The van der Waals surface area contributed by atoms with Gasteiger partial charge in [-0.3, -0.25) is 4.79 Å². The number of thioether (sulfide) groups is 1. The van der Waals surface area contributed by atoms with Crippen LogP contribution in [0.3, 0.4) is 0 Å². The lowest BCUT2D eigenvalue weighted by Gasteiger charge is -2.12. The van der Waals surface area contributed by atoms with Crippen LogP contribution < -0.4 is 0 Å². The number of carbonyl (C=O) groups is 2. The van der Waals surface area contributed by atoms with Crippen LogP contribution in [0.25, 0.3) is 0 Å². The Bertz CT molecular complexity index is 458. The molecule has 0 spiro atoms. The van der Waals surface area contributed by atoms with Crippen molar-refractivity contribution in [3.05, 3.63) is 29.3 Å². The van der Waals surface area contributed by atoms with Gasteiger partial charge < -0.3 is 4.74 Å². The molecule has 0 aliphatic rings. The SMILES string of the molecule is CCOC(=O)c1cccc(SC)c1C(=O)C(C)Br. The van der Waals surface area contributed by atoms with Gasteiger partial charge in [0.2, 0.25) is 0 Å². The number of benzene rings is 1. The zero-order valence-electron chi connectivity index (χ0n) is 10.5. The van der Waals surface area contributed by atoms with Crippen molar-refractivity contribution in [2.75, 3.05) is 12.9 Å². The van der Waals surface area contributed by atoms with Crippen molar-refractivity contribution in [2.45, 2.75) is 23.6 Å². The minimum atomic E-state index is -0.454. The van der Waals surface area contributed by atoms with Gasteiger partial charge in [-0.15, -0.1) is 11.8 Å². The number of hydrogen-bond acceptors (Lipinski definition) is 4. The van der Waals surface area contributed by atoms with E-state index in [0.717, 1.165) is 4.90 Å². The lowest BCUT2D eigenvalue weighted by molar-refractivity contribution is 0.0522. The quantitative estimate of drug-likeness (QED) is 0.358. The van der Waals surface area contributed by atoms with Crippen LogP contribution in [0.15, 0.2) is 23.1 Å². The van der Waals surface area contributed by atoms with Crippen LogP contribution in [0.5, 0.6) is 0 Å². The number of hydrogen-bond donors (Lipinski definition) is 0. The molecule has 18 heavy (non-hydrogen) atoms. The number of Topliss-reactive ketones (excluding diaryl/α,β-unsaturated/α-hetero) is 1. The Morgan fingerprint density at radius 1 is 1.44 bits per heavy atom. The minimum absolute atomic E-state index is 0.108. The Morgan fingerprint density at radius 3 is 2.61 bits per heavy atom. The molecular formula is C13H15BrO3S. The van der Waals surface area contributed by atoms with E-state index < -0.39 is 5.97 Å². The van der Waals surface area contributed by atoms with Crippen LogP contribution in [0.1, 0.15) is 34.6 Å². The third-order valence-electron chi connectivity index (χ3n) is 2.35. The van der Waals surface area contributed by atoms with E-state index in [1.165, 1.54) is 11.8 Å². The maximum absolute atomic E-state index is 12.2. The molecule has 1 atom stereocenters. The molecule has 0 radical (unpaired) electrons. The van der Waals surface area contributed by atoms with Crippen molar-refractivity contribution in [1.82, 2.24) is 0 Å². The number of ether oxygens (including phenoxy) is 1.